The molecule has 57 heavy (non-hydrogen) atoms. The predicted molar refractivity (Wildman–Crippen MR) is 217 cm³/mol. The van der Waals surface area contributed by atoms with Gasteiger partial charge in [0.05, 0.1) is 29.3 Å². The van der Waals surface area contributed by atoms with E-state index in [0.29, 0.717) is 56.2 Å². The minimum Gasteiger partial charge on any atom is -0.495 e. The molecule has 5 unspecified atom stereocenters. The first-order valence-corrected chi connectivity index (χ1v) is 20.7. The molecule has 15 nitrogen and oxygen atoms in total. The predicted octanol–water partition coefficient (Wildman–Crippen LogP) is 6.45. The van der Waals surface area contributed by atoms with Gasteiger partial charge in [-0.3, -0.25) is 14.4 Å². The largest absolute Gasteiger partial charge is 0.495 e. The lowest BCUT2D eigenvalue weighted by atomic mass is 9.85. The van der Waals surface area contributed by atoms with Crippen molar-refractivity contribution in [1.29, 1.82) is 0 Å². The summed E-state index contributed by atoms with van der Waals surface area (Å²) in [5.41, 5.74) is -1.60. The average Bonchev–Trinajstić information content (AvgIpc) is 3.49. The number of aromatic nitrogens is 2. The number of carboxylic acid groups (broad SMARTS) is 1. The summed E-state index contributed by atoms with van der Waals surface area (Å²) < 4.78 is 18.6. The van der Waals surface area contributed by atoms with Crippen molar-refractivity contribution in [3.8, 4) is 22.9 Å². The molecule has 306 valence electrons. The van der Waals surface area contributed by atoms with Gasteiger partial charge in [0.2, 0.25) is 17.7 Å². The van der Waals surface area contributed by atoms with Crippen LogP contribution in [-0.4, -0.2) is 92.7 Å². The number of benzene rings is 1. The number of fused-ring (bicyclic) bond motifs is 1. The summed E-state index contributed by atoms with van der Waals surface area (Å²) in [7, 11) is 1.54. The van der Waals surface area contributed by atoms with Crippen LogP contribution in [0.4, 0.5) is 9.93 Å². The second-order valence-electron chi connectivity index (χ2n) is 16.2. The molecule has 2 aliphatic carbocycles. The number of pyridine rings is 1. The Hall–Kier alpha value is -4.77. The SMILES string of the molecule is C=CC1CC1(NC(=O)C1CC(Oc2cc(-c3csc(NC(=O)CC)n3)nc3c(Br)c(OC)ccc23)CN1C(=O)C(NC(=O)OC1(C)CCCC1)C(C)(C)C)C(=O)O. The van der Waals surface area contributed by atoms with Gasteiger partial charge < -0.3 is 40.2 Å². The summed E-state index contributed by atoms with van der Waals surface area (Å²) in [6.07, 6.45) is 3.76. The van der Waals surface area contributed by atoms with Gasteiger partial charge in [0.15, 0.2) is 5.13 Å². The third-order valence-electron chi connectivity index (χ3n) is 10.9. The van der Waals surface area contributed by atoms with Crippen LogP contribution < -0.4 is 25.4 Å². The molecule has 1 saturated heterocycles. The van der Waals surface area contributed by atoms with E-state index >= 15 is 0 Å². The van der Waals surface area contributed by atoms with Gasteiger partial charge in [0.25, 0.3) is 0 Å². The number of nitrogens with one attached hydrogen (secondary N) is 3. The number of alkyl carbamates (subject to hydrolysis) is 1. The molecular weight excluding hydrogens is 820 g/mol. The second-order valence-corrected chi connectivity index (χ2v) is 17.9. The molecule has 4 N–H and O–H groups in total. The molecule has 3 fully saturated rings. The van der Waals surface area contributed by atoms with E-state index in [0.717, 1.165) is 12.8 Å². The number of carbonyl (C=O) groups is 5. The normalized spacial score (nSPS) is 23.0. The Bertz CT molecular complexity index is 2100. The van der Waals surface area contributed by atoms with Crippen LogP contribution >= 0.6 is 27.3 Å². The van der Waals surface area contributed by atoms with Gasteiger partial charge in [0.1, 0.15) is 46.5 Å². The summed E-state index contributed by atoms with van der Waals surface area (Å²) >= 11 is 4.86. The van der Waals surface area contributed by atoms with E-state index in [9.17, 15) is 29.1 Å². The number of hydrogen-bond acceptors (Lipinski definition) is 11. The molecule has 3 aliphatic rings. The lowest BCUT2D eigenvalue weighted by Crippen LogP contribution is -2.59. The number of rotatable bonds is 13. The number of ether oxygens (including phenoxy) is 3. The Labute approximate surface area is 343 Å². The molecule has 6 rings (SSSR count). The van der Waals surface area contributed by atoms with Crippen molar-refractivity contribution in [3.63, 3.8) is 0 Å². The fourth-order valence-corrected chi connectivity index (χ4v) is 8.85. The fourth-order valence-electron chi connectivity index (χ4n) is 7.54. The van der Waals surface area contributed by atoms with Crippen LogP contribution in [0.5, 0.6) is 11.5 Å². The van der Waals surface area contributed by atoms with Gasteiger partial charge in [-0.05, 0) is 72.5 Å². The number of anilines is 1. The molecule has 0 bridgehead atoms. The number of amides is 4. The summed E-state index contributed by atoms with van der Waals surface area (Å²) in [6, 6.07) is 2.99. The number of nitrogens with zero attached hydrogens (tertiary/aromatic N) is 3. The summed E-state index contributed by atoms with van der Waals surface area (Å²) in [6.45, 7) is 12.7. The van der Waals surface area contributed by atoms with E-state index in [2.05, 4.69) is 43.4 Å². The monoisotopic (exact) mass is 868 g/mol. The molecule has 3 heterocycles. The van der Waals surface area contributed by atoms with Crippen molar-refractivity contribution in [3.05, 3.63) is 40.7 Å². The van der Waals surface area contributed by atoms with Gasteiger partial charge in [-0.1, -0.05) is 33.8 Å². The van der Waals surface area contributed by atoms with Crippen LogP contribution in [0.2, 0.25) is 0 Å². The van der Waals surface area contributed by atoms with Gasteiger partial charge in [0, 0.05) is 35.6 Å². The quantitative estimate of drug-likeness (QED) is 0.138. The van der Waals surface area contributed by atoms with Crippen LogP contribution in [-0.2, 0) is 23.9 Å². The van der Waals surface area contributed by atoms with Crippen LogP contribution in [0.25, 0.3) is 22.3 Å². The highest BCUT2D eigenvalue weighted by Crippen LogP contribution is 2.45. The Kier molecular flexibility index (Phi) is 11.9. The number of aliphatic carboxylic acids is 1. The summed E-state index contributed by atoms with van der Waals surface area (Å²) in [4.78, 5) is 77.5. The number of thiazole rings is 1. The zero-order valence-electron chi connectivity index (χ0n) is 32.9. The Morgan fingerprint density at radius 2 is 1.86 bits per heavy atom. The van der Waals surface area contributed by atoms with Crippen molar-refractivity contribution < 1.29 is 43.3 Å². The fraction of sp³-hybridized carbons (Fsp3) is 0.525. The van der Waals surface area contributed by atoms with Gasteiger partial charge in [-0.25, -0.2) is 19.6 Å². The highest BCUT2D eigenvalue weighted by molar-refractivity contribution is 9.10. The Morgan fingerprint density at radius 3 is 2.47 bits per heavy atom. The second kappa shape index (κ2) is 16.2. The van der Waals surface area contributed by atoms with Gasteiger partial charge in [-0.2, -0.15) is 0 Å². The van der Waals surface area contributed by atoms with E-state index < -0.39 is 64.5 Å². The standard InChI is InChI=1S/C40H49BrN6O9S/c1-8-21-18-40(21,35(51)52)46-33(49)26-16-22(19-47(26)34(50)32(38(3,4)5)45-37(53)56-39(6)14-10-11-15-39)55-28-17-24(25-20-57-36(43-25)44-29(48)9-2)42-31-23(28)12-13-27(54-7)30(31)41/h8,12-13,17,20-22,26,32H,1,9-11,14-16,18-19H2,2-7H3,(H,45,53)(H,46,49)(H,51,52)(H,43,44,48). The van der Waals surface area contributed by atoms with Crippen LogP contribution in [0.15, 0.2) is 40.7 Å². The molecule has 4 amide bonds. The molecule has 2 aromatic heterocycles. The smallest absolute Gasteiger partial charge is 0.408 e. The van der Waals surface area contributed by atoms with Crippen LogP contribution in [0.3, 0.4) is 0 Å². The number of carbonyl (C=O) groups excluding carboxylic acids is 4. The lowest BCUT2D eigenvalue weighted by Gasteiger charge is -2.36. The number of likely N-dealkylation sites (tertiary alicyclic amines) is 1. The van der Waals surface area contributed by atoms with E-state index in [-0.39, 0.29) is 31.7 Å². The minimum atomic E-state index is -1.54. The molecule has 0 spiro atoms. The number of methoxy groups -OCH3 is 1. The van der Waals surface area contributed by atoms with E-state index in [4.69, 9.17) is 19.2 Å². The maximum atomic E-state index is 14.7. The van der Waals surface area contributed by atoms with Crippen LogP contribution in [0, 0.1) is 11.3 Å². The highest BCUT2D eigenvalue weighted by Gasteiger charge is 2.61. The first-order valence-electron chi connectivity index (χ1n) is 19.0. The molecule has 1 aliphatic heterocycles. The molecule has 17 heteroatoms. The molecular formula is C40H49BrN6O9S. The van der Waals surface area contributed by atoms with E-state index in [1.165, 1.54) is 29.4 Å². The van der Waals surface area contributed by atoms with Crippen molar-refractivity contribution in [2.24, 2.45) is 11.3 Å². The number of carboxylic acids is 1. The molecule has 2 saturated carbocycles. The first kappa shape index (κ1) is 41.9. The molecule has 1 aromatic carbocycles. The van der Waals surface area contributed by atoms with Crippen LogP contribution in [0.1, 0.15) is 79.6 Å². The topological polar surface area (TPSA) is 198 Å². The Balaban J connectivity index is 1.35. The summed E-state index contributed by atoms with van der Waals surface area (Å²) in [5, 5.41) is 21.2. The molecule has 0 radical (unpaired) electrons. The first-order chi connectivity index (χ1) is 26.9. The molecule has 5 atom stereocenters. The van der Waals surface area contributed by atoms with E-state index in [1.807, 2.05) is 6.92 Å². The summed E-state index contributed by atoms with van der Waals surface area (Å²) in [5.74, 6) is -2.17. The zero-order chi connectivity index (χ0) is 41.4. The van der Waals surface area contributed by atoms with Crippen molar-refractivity contribution in [1.82, 2.24) is 25.5 Å². The average molecular weight is 870 g/mol. The number of halogens is 1. The van der Waals surface area contributed by atoms with E-state index in [1.54, 1.807) is 51.3 Å². The van der Waals surface area contributed by atoms with Gasteiger partial charge in [-0.15, -0.1) is 17.9 Å². The maximum absolute atomic E-state index is 14.7. The van der Waals surface area contributed by atoms with Gasteiger partial charge >= 0.3 is 12.1 Å². The third kappa shape index (κ3) is 8.73. The lowest BCUT2D eigenvalue weighted by molar-refractivity contribution is -0.146. The minimum absolute atomic E-state index is 0.00574. The molecule has 3 aromatic rings. The zero-order valence-corrected chi connectivity index (χ0v) is 35.3. The van der Waals surface area contributed by atoms with Crippen molar-refractivity contribution in [2.45, 2.75) is 109 Å². The highest BCUT2D eigenvalue weighted by atomic mass is 79.9. The van der Waals surface area contributed by atoms with Crippen molar-refractivity contribution in [2.75, 3.05) is 19.0 Å². The number of hydrogen-bond donors (Lipinski definition) is 4. The van der Waals surface area contributed by atoms with Crippen molar-refractivity contribution >= 4 is 73.1 Å². The Morgan fingerprint density at radius 1 is 1.14 bits per heavy atom. The third-order valence-corrected chi connectivity index (χ3v) is 12.5. The maximum Gasteiger partial charge on any atom is 0.408 e.